The fraction of sp³-hybridized carbons (Fsp3) is 0.174. The molecule has 3 aromatic rings. The normalized spacial score (nSPS) is 15.2. The number of anilines is 2. The molecule has 6 nitrogen and oxygen atoms in total. The van der Waals surface area contributed by atoms with Gasteiger partial charge in [-0.3, -0.25) is 19.5 Å². The smallest absolute Gasteiger partial charge is 0.262 e. The molecule has 0 saturated heterocycles. The number of nitrogens with zero attached hydrogens (tertiary/aromatic N) is 2. The Labute approximate surface area is 169 Å². The number of benzene rings is 2. The highest BCUT2D eigenvalue weighted by Gasteiger charge is 2.39. The number of fused-ring (bicyclic) bond motifs is 1. The number of ether oxygens (including phenoxy) is 1. The number of carbonyl (C=O) groups is 2. The molecule has 1 aliphatic rings. The van der Waals surface area contributed by atoms with Crippen LogP contribution in [0.5, 0.6) is 5.75 Å². The van der Waals surface area contributed by atoms with Crippen LogP contribution in [0.3, 0.4) is 0 Å². The van der Waals surface area contributed by atoms with Gasteiger partial charge >= 0.3 is 0 Å². The first-order valence-electron chi connectivity index (χ1n) is 9.47. The monoisotopic (exact) mass is 387 g/mol. The Morgan fingerprint density at radius 2 is 1.93 bits per heavy atom. The predicted molar refractivity (Wildman–Crippen MR) is 111 cm³/mol. The third kappa shape index (κ3) is 3.57. The van der Waals surface area contributed by atoms with Crippen LogP contribution >= 0.6 is 0 Å². The van der Waals surface area contributed by atoms with Gasteiger partial charge in [0.15, 0.2) is 11.9 Å². The zero-order valence-corrected chi connectivity index (χ0v) is 16.3. The summed E-state index contributed by atoms with van der Waals surface area (Å²) in [6, 6.07) is 18.2. The molecule has 0 saturated carbocycles. The van der Waals surface area contributed by atoms with Crippen molar-refractivity contribution >= 4 is 23.1 Å². The molecule has 1 aliphatic heterocycles. The van der Waals surface area contributed by atoms with Gasteiger partial charge in [0, 0.05) is 23.1 Å². The van der Waals surface area contributed by atoms with Crippen LogP contribution in [0.2, 0.25) is 0 Å². The van der Waals surface area contributed by atoms with E-state index >= 15 is 0 Å². The van der Waals surface area contributed by atoms with Crippen LogP contribution in [0.4, 0.5) is 11.4 Å². The molecule has 0 spiro atoms. The number of aromatic nitrogens is 1. The second kappa shape index (κ2) is 7.75. The van der Waals surface area contributed by atoms with Gasteiger partial charge in [0.25, 0.3) is 5.91 Å². The summed E-state index contributed by atoms with van der Waals surface area (Å²) in [5.74, 6) is 0.604. The molecule has 2 heterocycles. The molecule has 146 valence electrons. The van der Waals surface area contributed by atoms with E-state index in [0.29, 0.717) is 23.4 Å². The van der Waals surface area contributed by atoms with E-state index in [9.17, 15) is 9.59 Å². The molecular formula is C23H21N3O3. The molecular weight excluding hydrogens is 366 g/mol. The van der Waals surface area contributed by atoms with Crippen molar-refractivity contribution in [2.45, 2.75) is 20.0 Å². The Bertz CT molecular complexity index is 1060. The summed E-state index contributed by atoms with van der Waals surface area (Å²) in [7, 11) is 0. The summed E-state index contributed by atoms with van der Waals surface area (Å²) in [5, 5.41) is 3.37. The zero-order chi connectivity index (χ0) is 20.4. The van der Waals surface area contributed by atoms with E-state index in [1.807, 2.05) is 43.3 Å². The molecule has 1 atom stereocenters. The SMILES string of the molecule is CCOc1ccc(N2C(=O)c3cccnc3[C@H]2Nc2cccc(C(C)=O)c2)cc1. The summed E-state index contributed by atoms with van der Waals surface area (Å²) in [4.78, 5) is 31.0. The minimum absolute atomic E-state index is 0.0157. The molecule has 1 aromatic heterocycles. The van der Waals surface area contributed by atoms with Gasteiger partial charge in [0.2, 0.25) is 0 Å². The number of Topliss-reactive ketones (excluding diaryl/α,β-unsaturated/α-hetero) is 1. The summed E-state index contributed by atoms with van der Waals surface area (Å²) in [6.07, 6.45) is 1.19. The quantitative estimate of drug-likeness (QED) is 0.633. The predicted octanol–water partition coefficient (Wildman–Crippen LogP) is 4.45. The maximum atomic E-state index is 13.1. The summed E-state index contributed by atoms with van der Waals surface area (Å²) < 4.78 is 5.51. The van der Waals surface area contributed by atoms with E-state index in [4.69, 9.17) is 4.74 Å². The van der Waals surface area contributed by atoms with Crippen molar-refractivity contribution in [1.29, 1.82) is 0 Å². The highest BCUT2D eigenvalue weighted by atomic mass is 16.5. The van der Waals surface area contributed by atoms with E-state index in [0.717, 1.165) is 17.1 Å². The number of ketones is 1. The van der Waals surface area contributed by atoms with E-state index in [2.05, 4.69) is 10.3 Å². The van der Waals surface area contributed by atoms with E-state index in [-0.39, 0.29) is 11.7 Å². The van der Waals surface area contributed by atoms with E-state index in [1.165, 1.54) is 6.92 Å². The fourth-order valence-electron chi connectivity index (χ4n) is 3.44. The third-order valence-corrected chi connectivity index (χ3v) is 4.80. The van der Waals surface area contributed by atoms with Crippen molar-refractivity contribution in [2.24, 2.45) is 0 Å². The molecule has 0 aliphatic carbocycles. The largest absolute Gasteiger partial charge is 0.494 e. The number of amides is 1. The first-order valence-corrected chi connectivity index (χ1v) is 9.47. The van der Waals surface area contributed by atoms with Gasteiger partial charge in [0.1, 0.15) is 5.75 Å². The van der Waals surface area contributed by atoms with Crippen molar-refractivity contribution in [2.75, 3.05) is 16.8 Å². The lowest BCUT2D eigenvalue weighted by Gasteiger charge is -2.27. The number of nitrogens with one attached hydrogen (secondary N) is 1. The van der Waals surface area contributed by atoms with Gasteiger partial charge in [-0.15, -0.1) is 0 Å². The Morgan fingerprint density at radius 1 is 1.14 bits per heavy atom. The number of hydrogen-bond donors (Lipinski definition) is 1. The van der Waals surface area contributed by atoms with Gasteiger partial charge in [-0.2, -0.15) is 0 Å². The topological polar surface area (TPSA) is 71.5 Å². The lowest BCUT2D eigenvalue weighted by Crippen LogP contribution is -2.32. The van der Waals surface area contributed by atoms with Crippen LogP contribution in [0.15, 0.2) is 66.9 Å². The van der Waals surface area contributed by atoms with Crippen LogP contribution in [0.1, 0.15) is 46.4 Å². The number of pyridine rings is 1. The number of carbonyl (C=O) groups excluding carboxylic acids is 2. The lowest BCUT2D eigenvalue weighted by atomic mass is 10.1. The van der Waals surface area contributed by atoms with Gasteiger partial charge in [-0.25, -0.2) is 0 Å². The third-order valence-electron chi connectivity index (χ3n) is 4.80. The Kier molecular flexibility index (Phi) is 4.99. The number of hydrogen-bond acceptors (Lipinski definition) is 5. The van der Waals surface area contributed by atoms with E-state index in [1.54, 1.807) is 35.4 Å². The van der Waals surface area contributed by atoms with Gasteiger partial charge in [-0.1, -0.05) is 12.1 Å². The molecule has 1 amide bonds. The van der Waals surface area contributed by atoms with Crippen LogP contribution in [-0.4, -0.2) is 23.3 Å². The fourth-order valence-corrected chi connectivity index (χ4v) is 3.44. The summed E-state index contributed by atoms with van der Waals surface area (Å²) >= 11 is 0. The van der Waals surface area contributed by atoms with Crippen molar-refractivity contribution in [3.05, 3.63) is 83.7 Å². The van der Waals surface area contributed by atoms with Crippen LogP contribution in [-0.2, 0) is 0 Å². The molecule has 0 bridgehead atoms. The Hall–Kier alpha value is -3.67. The summed E-state index contributed by atoms with van der Waals surface area (Å²) in [5.41, 5.74) is 3.29. The van der Waals surface area contributed by atoms with Crippen LogP contribution in [0.25, 0.3) is 0 Å². The van der Waals surface area contributed by atoms with Crippen molar-refractivity contribution < 1.29 is 14.3 Å². The van der Waals surface area contributed by atoms with Crippen molar-refractivity contribution in [3.63, 3.8) is 0 Å². The second-order valence-electron chi connectivity index (χ2n) is 6.72. The first kappa shape index (κ1) is 18.7. The Balaban J connectivity index is 1.72. The molecule has 4 rings (SSSR count). The number of rotatable bonds is 6. The first-order chi connectivity index (χ1) is 14.1. The minimum atomic E-state index is -0.487. The molecule has 0 fully saturated rings. The average molecular weight is 387 g/mol. The minimum Gasteiger partial charge on any atom is -0.494 e. The summed E-state index contributed by atoms with van der Waals surface area (Å²) in [6.45, 7) is 4.03. The standard InChI is InChI=1S/C23H21N3O3/c1-3-29-19-11-9-18(10-12-19)26-22(21-20(23(26)28)8-5-13-24-21)25-17-7-4-6-16(14-17)15(2)27/h4-14,22,25H,3H2,1-2H3/t22-/m0/s1. The maximum absolute atomic E-state index is 13.1. The maximum Gasteiger partial charge on any atom is 0.262 e. The van der Waals surface area contributed by atoms with Crippen molar-refractivity contribution in [1.82, 2.24) is 4.98 Å². The molecule has 29 heavy (non-hydrogen) atoms. The Morgan fingerprint density at radius 3 is 2.66 bits per heavy atom. The van der Waals surface area contributed by atoms with Crippen LogP contribution in [0, 0.1) is 0 Å². The second-order valence-corrected chi connectivity index (χ2v) is 6.72. The van der Waals surface area contributed by atoms with Crippen LogP contribution < -0.4 is 15.0 Å². The van der Waals surface area contributed by atoms with E-state index < -0.39 is 6.17 Å². The zero-order valence-electron chi connectivity index (χ0n) is 16.3. The van der Waals surface area contributed by atoms with Gasteiger partial charge in [-0.05, 0) is 62.4 Å². The highest BCUT2D eigenvalue weighted by Crippen LogP contribution is 2.37. The lowest BCUT2D eigenvalue weighted by molar-refractivity contribution is 0.0989. The molecule has 1 N–H and O–H groups in total. The van der Waals surface area contributed by atoms with Crippen molar-refractivity contribution in [3.8, 4) is 5.75 Å². The van der Waals surface area contributed by atoms with Gasteiger partial charge < -0.3 is 10.1 Å². The molecule has 2 aromatic carbocycles. The van der Waals surface area contributed by atoms with Gasteiger partial charge in [0.05, 0.1) is 17.9 Å². The molecule has 6 heteroatoms. The molecule has 0 radical (unpaired) electrons. The molecule has 0 unspecified atom stereocenters. The average Bonchev–Trinajstić information content (AvgIpc) is 3.01. The highest BCUT2D eigenvalue weighted by molar-refractivity contribution is 6.11.